The van der Waals surface area contributed by atoms with Crippen molar-refractivity contribution in [2.75, 3.05) is 39.6 Å². The molecule has 0 aromatic rings. The van der Waals surface area contributed by atoms with Crippen molar-refractivity contribution in [1.82, 2.24) is 0 Å². The van der Waals surface area contributed by atoms with E-state index in [4.69, 9.17) is 33.2 Å². The van der Waals surface area contributed by atoms with Crippen LogP contribution < -0.4 is 0 Å². The summed E-state index contributed by atoms with van der Waals surface area (Å²) in [6.07, 6.45) is 73.8. The molecule has 0 N–H and O–H groups in total. The first-order valence-corrected chi connectivity index (χ1v) is 35.8. The van der Waals surface area contributed by atoms with Gasteiger partial charge in [0.2, 0.25) is 0 Å². The molecule has 7 nitrogen and oxygen atoms in total. The van der Waals surface area contributed by atoms with Crippen molar-refractivity contribution >= 4 is 0 Å². The Balaban J connectivity index is 4.76. The summed E-state index contributed by atoms with van der Waals surface area (Å²) in [6, 6.07) is 0. The summed E-state index contributed by atoms with van der Waals surface area (Å²) in [5.41, 5.74) is 0. The highest BCUT2D eigenvalue weighted by Gasteiger charge is 2.15. The Kier molecular flexibility index (Phi) is 69.0. The number of hydrogen-bond acceptors (Lipinski definition) is 7. The van der Waals surface area contributed by atoms with Crippen molar-refractivity contribution in [3.63, 3.8) is 0 Å². The minimum absolute atomic E-state index is 0.0183. The summed E-state index contributed by atoms with van der Waals surface area (Å²) in [6.45, 7) is 18.5. The standard InChI is InChI=1S/C72H142O7/c1-7-13-19-23-37-45-55-65-73-69(74-66-56-46-38-24-20-14-8-2)59-49-41-33-29-27-31-35-43-51-61-71(77-63-53-17-11-5)79-72(78-64-54-18-12-6)62-52-44-36-32-28-30-34-42-50-60-70(75-67-57-47-39-25-21-15-9-3)76-68-58-48-40-26-22-16-10-4/h51-52,61-62,69-72H,7-50,53-60,63-68H2,1-6H3. The molecule has 0 amide bonds. The quantitative estimate of drug-likeness (QED) is 0.0342. The van der Waals surface area contributed by atoms with E-state index in [1.165, 1.54) is 295 Å². The first-order valence-electron chi connectivity index (χ1n) is 35.8. The number of hydrogen-bond donors (Lipinski definition) is 0. The molecule has 0 rings (SSSR count). The van der Waals surface area contributed by atoms with Gasteiger partial charge in [0.25, 0.3) is 0 Å². The van der Waals surface area contributed by atoms with Gasteiger partial charge in [-0.15, -0.1) is 0 Å². The molecule has 472 valence electrons. The summed E-state index contributed by atoms with van der Waals surface area (Å²) < 4.78 is 44.5. The van der Waals surface area contributed by atoms with Gasteiger partial charge >= 0.3 is 0 Å². The van der Waals surface area contributed by atoms with Crippen LogP contribution in [0.2, 0.25) is 0 Å². The molecule has 0 radical (unpaired) electrons. The number of allylic oxidation sites excluding steroid dienone is 2. The Hall–Kier alpha value is -0.800. The molecule has 0 aromatic carbocycles. The lowest BCUT2D eigenvalue weighted by Gasteiger charge is -2.21. The maximum absolute atomic E-state index is 6.55. The topological polar surface area (TPSA) is 64.6 Å². The molecular weight excluding hydrogens is 977 g/mol. The lowest BCUT2D eigenvalue weighted by molar-refractivity contribution is -0.208. The summed E-state index contributed by atoms with van der Waals surface area (Å²) in [5, 5.41) is 0. The molecule has 0 heterocycles. The predicted molar refractivity (Wildman–Crippen MR) is 344 cm³/mol. The van der Waals surface area contributed by atoms with Gasteiger partial charge in [0.05, 0.1) is 13.2 Å². The normalized spacial score (nSPS) is 13.0. The summed E-state index contributed by atoms with van der Waals surface area (Å²) in [5.74, 6) is 0. The van der Waals surface area contributed by atoms with Crippen LogP contribution in [-0.2, 0) is 33.2 Å². The minimum atomic E-state index is -0.385. The first-order chi connectivity index (χ1) is 39.1. The second-order valence-electron chi connectivity index (χ2n) is 23.8. The maximum atomic E-state index is 6.55. The third kappa shape index (κ3) is 63.1. The van der Waals surface area contributed by atoms with Crippen LogP contribution in [-0.4, -0.2) is 64.8 Å². The van der Waals surface area contributed by atoms with E-state index in [-0.39, 0.29) is 25.2 Å². The van der Waals surface area contributed by atoms with Crippen LogP contribution in [0.3, 0.4) is 0 Å². The SMILES string of the molecule is CCCCCCCCCOC(CCCCCCCCCC=CC(OCCCCC)OC(C=CCCCCCCCCCC(OCCCCCCCCC)OCCCCCCCCC)OCCCCC)OCCCCCCCCC. The van der Waals surface area contributed by atoms with Gasteiger partial charge in [0.1, 0.15) is 0 Å². The zero-order chi connectivity index (χ0) is 57.1. The largest absolute Gasteiger partial charge is 0.353 e. The van der Waals surface area contributed by atoms with E-state index in [9.17, 15) is 0 Å². The summed E-state index contributed by atoms with van der Waals surface area (Å²) in [4.78, 5) is 0. The van der Waals surface area contributed by atoms with Gasteiger partial charge in [-0.05, 0) is 102 Å². The van der Waals surface area contributed by atoms with Crippen LogP contribution in [0.15, 0.2) is 24.3 Å². The van der Waals surface area contributed by atoms with E-state index < -0.39 is 0 Å². The number of rotatable bonds is 70. The van der Waals surface area contributed by atoms with Gasteiger partial charge in [0, 0.05) is 26.4 Å². The second-order valence-corrected chi connectivity index (χ2v) is 23.8. The van der Waals surface area contributed by atoms with Gasteiger partial charge in [0.15, 0.2) is 25.2 Å². The molecule has 0 saturated carbocycles. The van der Waals surface area contributed by atoms with E-state index in [0.717, 1.165) is 65.0 Å². The zero-order valence-corrected chi connectivity index (χ0v) is 54.5. The van der Waals surface area contributed by atoms with Crippen molar-refractivity contribution < 1.29 is 33.2 Å². The Morgan fingerprint density at radius 3 is 0.696 bits per heavy atom. The van der Waals surface area contributed by atoms with Crippen LogP contribution in [0.25, 0.3) is 0 Å². The van der Waals surface area contributed by atoms with E-state index in [1.54, 1.807) is 0 Å². The number of unbranched alkanes of at least 4 members (excludes halogenated alkanes) is 42. The summed E-state index contributed by atoms with van der Waals surface area (Å²) >= 11 is 0. The van der Waals surface area contributed by atoms with E-state index in [2.05, 4.69) is 65.8 Å². The molecule has 0 aliphatic carbocycles. The Labute approximate surface area is 495 Å². The van der Waals surface area contributed by atoms with Gasteiger partial charge < -0.3 is 33.2 Å². The molecule has 0 aliphatic rings. The average Bonchev–Trinajstić information content (AvgIpc) is 3.45. The molecule has 2 atom stereocenters. The van der Waals surface area contributed by atoms with E-state index in [0.29, 0.717) is 13.2 Å². The molecule has 0 saturated heterocycles. The molecule has 0 aliphatic heterocycles. The zero-order valence-electron chi connectivity index (χ0n) is 54.5. The second kappa shape index (κ2) is 69.7. The predicted octanol–water partition coefficient (Wildman–Crippen LogP) is 23.9. The highest BCUT2D eigenvalue weighted by Crippen LogP contribution is 2.19. The van der Waals surface area contributed by atoms with Crippen LogP contribution in [0.5, 0.6) is 0 Å². The van der Waals surface area contributed by atoms with Crippen molar-refractivity contribution in [3.05, 3.63) is 24.3 Å². The summed E-state index contributed by atoms with van der Waals surface area (Å²) in [7, 11) is 0. The Morgan fingerprint density at radius 1 is 0.215 bits per heavy atom. The van der Waals surface area contributed by atoms with Gasteiger partial charge in [-0.3, -0.25) is 0 Å². The van der Waals surface area contributed by atoms with E-state index in [1.807, 2.05) is 0 Å². The minimum Gasteiger partial charge on any atom is -0.353 e. The fraction of sp³-hybridized carbons (Fsp3) is 0.944. The first kappa shape index (κ1) is 78.2. The van der Waals surface area contributed by atoms with Gasteiger partial charge in [-0.1, -0.05) is 298 Å². The molecule has 79 heavy (non-hydrogen) atoms. The molecule has 0 aromatic heterocycles. The lowest BCUT2D eigenvalue weighted by Crippen LogP contribution is -2.25. The smallest absolute Gasteiger partial charge is 0.180 e. The molecular formula is C72H142O7. The lowest BCUT2D eigenvalue weighted by atomic mass is 10.1. The van der Waals surface area contributed by atoms with Gasteiger partial charge in [-0.25, -0.2) is 0 Å². The highest BCUT2D eigenvalue weighted by atomic mass is 16.8. The molecule has 0 spiro atoms. The fourth-order valence-electron chi connectivity index (χ4n) is 10.4. The van der Waals surface area contributed by atoms with Crippen LogP contribution >= 0.6 is 0 Å². The fourth-order valence-corrected chi connectivity index (χ4v) is 10.4. The third-order valence-electron chi connectivity index (χ3n) is 15.7. The third-order valence-corrected chi connectivity index (χ3v) is 15.7. The van der Waals surface area contributed by atoms with E-state index >= 15 is 0 Å². The maximum Gasteiger partial charge on any atom is 0.180 e. The Bertz CT molecular complexity index is 1020. The molecule has 0 fully saturated rings. The van der Waals surface area contributed by atoms with Crippen molar-refractivity contribution in [1.29, 1.82) is 0 Å². The van der Waals surface area contributed by atoms with Crippen molar-refractivity contribution in [2.24, 2.45) is 0 Å². The average molecular weight is 1120 g/mol. The molecule has 0 bridgehead atoms. The molecule has 7 heteroatoms. The monoisotopic (exact) mass is 1120 g/mol. The van der Waals surface area contributed by atoms with Crippen molar-refractivity contribution in [2.45, 2.75) is 401 Å². The van der Waals surface area contributed by atoms with Crippen LogP contribution in [0.1, 0.15) is 375 Å². The van der Waals surface area contributed by atoms with Crippen molar-refractivity contribution in [3.8, 4) is 0 Å². The van der Waals surface area contributed by atoms with Gasteiger partial charge in [-0.2, -0.15) is 0 Å². The molecule has 2 unspecified atom stereocenters. The van der Waals surface area contributed by atoms with Crippen LogP contribution in [0, 0.1) is 0 Å². The highest BCUT2D eigenvalue weighted by molar-refractivity contribution is 4.90. The number of ether oxygens (including phenoxy) is 7. The Morgan fingerprint density at radius 2 is 0.418 bits per heavy atom. The van der Waals surface area contributed by atoms with Crippen LogP contribution in [0.4, 0.5) is 0 Å².